The highest BCUT2D eigenvalue weighted by Crippen LogP contribution is 2.32. The minimum Gasteiger partial charge on any atom is -0.489 e. The summed E-state index contributed by atoms with van der Waals surface area (Å²) in [4.78, 5) is 17.9. The Bertz CT molecular complexity index is 1570. The maximum absolute atomic E-state index is 12.7. The normalized spacial score (nSPS) is 15.3. The Morgan fingerprint density at radius 2 is 1.76 bits per heavy atom. The van der Waals surface area contributed by atoms with Gasteiger partial charge in [-0.05, 0) is 110 Å². The number of aryl methyl sites for hydroxylation is 2. The second-order valence-electron chi connectivity index (χ2n) is 8.98. The van der Waals surface area contributed by atoms with Crippen molar-refractivity contribution in [3.63, 3.8) is 0 Å². The van der Waals surface area contributed by atoms with E-state index >= 15 is 0 Å². The van der Waals surface area contributed by atoms with Crippen molar-refractivity contribution in [2.24, 2.45) is 4.99 Å². The fourth-order valence-corrected chi connectivity index (χ4v) is 5.46. The summed E-state index contributed by atoms with van der Waals surface area (Å²) in [5.41, 5.74) is 6.97. The summed E-state index contributed by atoms with van der Waals surface area (Å²) < 4.78 is 9.18. The summed E-state index contributed by atoms with van der Waals surface area (Å²) in [6.45, 7) is 6.58. The van der Waals surface area contributed by atoms with E-state index in [1.54, 1.807) is 6.07 Å². The number of carbonyl (C=O) groups is 1. The first-order chi connectivity index (χ1) is 18.3. The molecule has 192 valence electrons. The van der Waals surface area contributed by atoms with Crippen LogP contribution in [0.5, 0.6) is 5.75 Å². The number of ether oxygens (including phenoxy) is 1. The Hall–Kier alpha value is -3.26. The summed E-state index contributed by atoms with van der Waals surface area (Å²) in [7, 11) is 0. The Morgan fingerprint density at radius 3 is 2.50 bits per heavy atom. The van der Waals surface area contributed by atoms with Gasteiger partial charge < -0.3 is 14.6 Å². The predicted octanol–water partition coefficient (Wildman–Crippen LogP) is 8.29. The number of amides is 1. The van der Waals surface area contributed by atoms with Crippen LogP contribution in [0.15, 0.2) is 87.2 Å². The van der Waals surface area contributed by atoms with Crippen molar-refractivity contribution < 1.29 is 9.53 Å². The molecule has 1 aromatic heterocycles. The molecule has 0 bridgehead atoms. The van der Waals surface area contributed by atoms with E-state index < -0.39 is 0 Å². The topological polar surface area (TPSA) is 55.6 Å². The molecule has 5 rings (SSSR count). The quantitative estimate of drug-likeness (QED) is 0.225. The number of halogens is 2. The van der Waals surface area contributed by atoms with E-state index in [1.807, 2.05) is 73.7 Å². The molecule has 3 aromatic carbocycles. The SMILES string of the molecule is Cc1ccc(Cl)cc1N=C1NC(=O)/C(=C/c2cc(C)n(-c3ccc(OCc4ccc(Br)cc4)cc3)c2C)S1. The average Bonchev–Trinajstić information content (AvgIpc) is 3.38. The molecule has 4 aromatic rings. The standard InChI is InChI=1S/C30H25BrClN3O2S/c1-18-4-9-24(32)16-27(18)33-30-34-29(36)28(38-30)15-22-14-19(2)35(20(22)3)25-10-12-26(13-11-25)37-17-21-5-7-23(31)8-6-21/h4-16H,17H2,1-3H3,(H,33,34,36)/b28-15-. The lowest BCUT2D eigenvalue weighted by Gasteiger charge is -2.11. The Labute approximate surface area is 239 Å². The van der Waals surface area contributed by atoms with Gasteiger partial charge in [-0.1, -0.05) is 45.7 Å². The van der Waals surface area contributed by atoms with Gasteiger partial charge in [0.2, 0.25) is 0 Å². The maximum Gasteiger partial charge on any atom is 0.264 e. The molecule has 0 unspecified atom stereocenters. The highest BCUT2D eigenvalue weighted by atomic mass is 79.9. The van der Waals surface area contributed by atoms with E-state index in [0.29, 0.717) is 21.7 Å². The van der Waals surface area contributed by atoms with Crippen LogP contribution in [0.3, 0.4) is 0 Å². The number of amidine groups is 1. The molecule has 0 saturated carbocycles. The fraction of sp³-hybridized carbons (Fsp3) is 0.133. The minimum atomic E-state index is -0.162. The first-order valence-electron chi connectivity index (χ1n) is 12.0. The summed E-state index contributed by atoms with van der Waals surface area (Å²) in [5, 5.41) is 4.01. The van der Waals surface area contributed by atoms with Crippen LogP contribution >= 0.6 is 39.3 Å². The molecule has 1 aliphatic heterocycles. The zero-order chi connectivity index (χ0) is 26.8. The molecule has 1 aliphatic rings. The molecule has 5 nitrogen and oxygen atoms in total. The number of aromatic nitrogens is 1. The fourth-order valence-electron chi connectivity index (χ4n) is 4.20. The number of hydrogen-bond donors (Lipinski definition) is 1. The zero-order valence-corrected chi connectivity index (χ0v) is 24.2. The second-order valence-corrected chi connectivity index (χ2v) is 11.4. The summed E-state index contributed by atoms with van der Waals surface area (Å²) in [5.74, 6) is 0.646. The first kappa shape index (κ1) is 26.4. The van der Waals surface area contributed by atoms with E-state index in [9.17, 15) is 4.79 Å². The van der Waals surface area contributed by atoms with Crippen molar-refractivity contribution in [1.82, 2.24) is 9.88 Å². The van der Waals surface area contributed by atoms with E-state index in [2.05, 4.69) is 50.7 Å². The molecule has 8 heteroatoms. The number of benzene rings is 3. The van der Waals surface area contributed by atoms with Crippen LogP contribution in [0.1, 0.15) is 28.1 Å². The molecular weight excluding hydrogens is 582 g/mol. The minimum absolute atomic E-state index is 0.162. The van der Waals surface area contributed by atoms with Gasteiger partial charge in [-0.3, -0.25) is 4.79 Å². The highest BCUT2D eigenvalue weighted by Gasteiger charge is 2.25. The predicted molar refractivity (Wildman–Crippen MR) is 161 cm³/mol. The first-order valence-corrected chi connectivity index (χ1v) is 14.0. The molecule has 1 amide bonds. The van der Waals surface area contributed by atoms with Gasteiger partial charge in [0.25, 0.3) is 5.91 Å². The third-order valence-electron chi connectivity index (χ3n) is 6.21. The van der Waals surface area contributed by atoms with E-state index in [1.165, 1.54) is 11.8 Å². The monoisotopic (exact) mass is 605 g/mol. The number of hydrogen-bond acceptors (Lipinski definition) is 4. The van der Waals surface area contributed by atoms with Crippen LogP contribution in [0.2, 0.25) is 5.02 Å². The van der Waals surface area contributed by atoms with Crippen molar-refractivity contribution in [2.75, 3.05) is 0 Å². The van der Waals surface area contributed by atoms with Crippen LogP contribution in [0.25, 0.3) is 11.8 Å². The molecule has 0 spiro atoms. The van der Waals surface area contributed by atoms with Gasteiger partial charge >= 0.3 is 0 Å². The number of nitrogens with one attached hydrogen (secondary N) is 1. The third kappa shape index (κ3) is 5.90. The van der Waals surface area contributed by atoms with Crippen molar-refractivity contribution in [3.8, 4) is 11.4 Å². The molecule has 0 aliphatic carbocycles. The molecule has 1 fully saturated rings. The van der Waals surface area contributed by atoms with Crippen molar-refractivity contribution in [2.45, 2.75) is 27.4 Å². The van der Waals surface area contributed by atoms with Crippen molar-refractivity contribution >= 4 is 62.1 Å². The molecule has 38 heavy (non-hydrogen) atoms. The van der Waals surface area contributed by atoms with E-state index in [-0.39, 0.29) is 5.91 Å². The van der Waals surface area contributed by atoms with Gasteiger partial charge in [0.05, 0.1) is 10.6 Å². The molecule has 0 radical (unpaired) electrons. The number of thioether (sulfide) groups is 1. The Balaban J connectivity index is 1.33. The van der Waals surface area contributed by atoms with Crippen LogP contribution < -0.4 is 10.1 Å². The van der Waals surface area contributed by atoms with Gasteiger partial charge in [-0.2, -0.15) is 0 Å². The summed E-state index contributed by atoms with van der Waals surface area (Å²) in [6, 6.07) is 23.8. The smallest absolute Gasteiger partial charge is 0.264 e. The maximum atomic E-state index is 12.7. The van der Waals surface area contributed by atoms with Crippen molar-refractivity contribution in [3.05, 3.63) is 115 Å². The zero-order valence-electron chi connectivity index (χ0n) is 21.1. The molecule has 1 saturated heterocycles. The summed E-state index contributed by atoms with van der Waals surface area (Å²) >= 11 is 10.9. The lowest BCUT2D eigenvalue weighted by Crippen LogP contribution is -2.19. The molecule has 2 heterocycles. The van der Waals surface area contributed by atoms with Crippen LogP contribution in [-0.4, -0.2) is 15.6 Å². The molecular formula is C30H25BrClN3O2S. The average molecular weight is 607 g/mol. The molecule has 0 atom stereocenters. The largest absolute Gasteiger partial charge is 0.489 e. The number of aliphatic imine (C=N–C) groups is 1. The second kappa shape index (κ2) is 11.2. The van der Waals surface area contributed by atoms with Crippen LogP contribution in [-0.2, 0) is 11.4 Å². The lowest BCUT2D eigenvalue weighted by atomic mass is 10.2. The van der Waals surface area contributed by atoms with E-state index in [4.69, 9.17) is 16.3 Å². The lowest BCUT2D eigenvalue weighted by molar-refractivity contribution is -0.115. The molecule has 1 N–H and O–H groups in total. The van der Waals surface area contributed by atoms with Gasteiger partial charge in [-0.15, -0.1) is 0 Å². The Morgan fingerprint density at radius 1 is 1.03 bits per heavy atom. The van der Waals surface area contributed by atoms with Crippen LogP contribution in [0.4, 0.5) is 5.69 Å². The van der Waals surface area contributed by atoms with Gasteiger partial charge in [-0.25, -0.2) is 4.99 Å². The van der Waals surface area contributed by atoms with E-state index in [0.717, 1.165) is 49.7 Å². The van der Waals surface area contributed by atoms with Crippen molar-refractivity contribution in [1.29, 1.82) is 0 Å². The number of nitrogens with zero attached hydrogens (tertiary/aromatic N) is 2. The van der Waals surface area contributed by atoms with Gasteiger partial charge in [0.1, 0.15) is 12.4 Å². The Kier molecular flexibility index (Phi) is 7.79. The van der Waals surface area contributed by atoms with Gasteiger partial charge in [0.15, 0.2) is 5.17 Å². The highest BCUT2D eigenvalue weighted by molar-refractivity contribution is 9.10. The van der Waals surface area contributed by atoms with Gasteiger partial charge in [0, 0.05) is 26.6 Å². The summed E-state index contributed by atoms with van der Waals surface area (Å²) in [6.07, 6.45) is 1.92. The third-order valence-corrected chi connectivity index (χ3v) is 7.89. The van der Waals surface area contributed by atoms with Crippen LogP contribution in [0, 0.1) is 20.8 Å². The number of carbonyl (C=O) groups excluding carboxylic acids is 1. The number of rotatable bonds is 6.